The summed E-state index contributed by atoms with van der Waals surface area (Å²) in [7, 11) is 1.46. The topological polar surface area (TPSA) is 89.3 Å². The van der Waals surface area contributed by atoms with E-state index in [1.807, 2.05) is 6.07 Å². The number of anilines is 1. The minimum Gasteiger partial charge on any atom is -0.383 e. The van der Waals surface area contributed by atoms with Gasteiger partial charge in [0.05, 0.1) is 12.1 Å². The van der Waals surface area contributed by atoms with Crippen molar-refractivity contribution in [2.45, 2.75) is 12.6 Å². The molecule has 8 nitrogen and oxygen atoms in total. The second kappa shape index (κ2) is 10.8. The molecule has 0 aliphatic rings. The lowest BCUT2D eigenvalue weighted by Crippen LogP contribution is -2.44. The molecule has 0 aliphatic carbocycles. The Morgan fingerprint density at radius 3 is 2.49 bits per heavy atom. The number of fused-ring (bicyclic) bond motifs is 1. The van der Waals surface area contributed by atoms with Gasteiger partial charge in [0, 0.05) is 24.9 Å². The van der Waals surface area contributed by atoms with Crippen molar-refractivity contribution < 1.29 is 23.1 Å². The molecular weight excluding hydrogens is 456 g/mol. The number of carbonyl (C=O) groups excluding carboxylic acids is 2. The fraction of sp³-hybridized carbons (Fsp3) is 0.200. The van der Waals surface area contributed by atoms with Gasteiger partial charge >= 0.3 is 0 Å². The Hall–Kier alpha value is -4.18. The average molecular weight is 479 g/mol. The number of benzene rings is 3. The molecule has 1 N–H and O–H groups in total. The molecule has 0 fully saturated rings. The predicted octanol–water partition coefficient (Wildman–Crippen LogP) is 3.56. The zero-order valence-electron chi connectivity index (χ0n) is 18.9. The highest BCUT2D eigenvalue weighted by Gasteiger charge is 2.33. The summed E-state index contributed by atoms with van der Waals surface area (Å²) in [6, 6.07) is 16.7. The third-order valence-corrected chi connectivity index (χ3v) is 5.43. The van der Waals surface area contributed by atoms with Gasteiger partial charge in [0.2, 0.25) is 5.91 Å². The summed E-state index contributed by atoms with van der Waals surface area (Å²) < 4.78 is 34.8. The van der Waals surface area contributed by atoms with Crippen molar-refractivity contribution in [3.8, 4) is 0 Å². The Kier molecular flexibility index (Phi) is 7.41. The van der Waals surface area contributed by atoms with Gasteiger partial charge in [0.1, 0.15) is 29.7 Å². The lowest BCUT2D eigenvalue weighted by atomic mass is 10.0. The molecule has 10 heteroatoms. The third kappa shape index (κ3) is 5.49. The Balaban J connectivity index is 1.69. The monoisotopic (exact) mass is 479 g/mol. The molecule has 0 radical (unpaired) electrons. The number of methoxy groups -OCH3 is 1. The van der Waals surface area contributed by atoms with Crippen molar-refractivity contribution in [2.24, 2.45) is 0 Å². The maximum Gasteiger partial charge on any atom is 0.251 e. The van der Waals surface area contributed by atoms with Crippen LogP contribution in [0.4, 0.5) is 14.5 Å². The molecule has 1 atom stereocenters. The second-order valence-electron chi connectivity index (χ2n) is 7.74. The molecule has 4 rings (SSSR count). The zero-order chi connectivity index (χ0) is 24.8. The maximum absolute atomic E-state index is 14.9. The van der Waals surface area contributed by atoms with E-state index in [1.54, 1.807) is 24.3 Å². The van der Waals surface area contributed by atoms with Gasteiger partial charge in [0.15, 0.2) is 0 Å². The number of nitrogens with one attached hydrogen (secondary N) is 1. The quantitative estimate of drug-likeness (QED) is 0.397. The summed E-state index contributed by atoms with van der Waals surface area (Å²) >= 11 is 0. The highest BCUT2D eigenvalue weighted by Crippen LogP contribution is 2.26. The number of halogens is 2. The summed E-state index contributed by atoms with van der Waals surface area (Å²) in [5, 5.41) is 10.8. The fourth-order valence-corrected chi connectivity index (χ4v) is 3.73. The summed E-state index contributed by atoms with van der Waals surface area (Å²) in [6.07, 6.45) is 0. The van der Waals surface area contributed by atoms with Crippen LogP contribution in [0.1, 0.15) is 11.6 Å². The van der Waals surface area contributed by atoms with Crippen molar-refractivity contribution in [2.75, 3.05) is 25.6 Å². The predicted molar refractivity (Wildman–Crippen MR) is 125 cm³/mol. The first-order chi connectivity index (χ1) is 17.0. The summed E-state index contributed by atoms with van der Waals surface area (Å²) in [4.78, 5) is 28.2. The number of carbonyl (C=O) groups is 2. The van der Waals surface area contributed by atoms with Crippen LogP contribution in [0.25, 0.3) is 11.0 Å². The van der Waals surface area contributed by atoms with Crippen LogP contribution in [0.2, 0.25) is 0 Å². The van der Waals surface area contributed by atoms with Gasteiger partial charge in [-0.3, -0.25) is 9.59 Å². The first-order valence-electron chi connectivity index (χ1n) is 10.9. The number of hydrogen-bond acceptors (Lipinski definition) is 5. The standard InChI is InChI=1S/C25H23F2N5O3/c1-35-15-14-31(23(33)16-32-22-9-5-4-8-21(22)29-30-32)24(19-6-2-3-7-20(19)27)25(34)28-18-12-10-17(26)11-13-18/h2-13,24H,14-16H2,1H3,(H,28,34)/t24-/m0/s1. The molecule has 180 valence electrons. The first kappa shape index (κ1) is 24.0. The zero-order valence-corrected chi connectivity index (χ0v) is 18.9. The van der Waals surface area contributed by atoms with E-state index < -0.39 is 29.5 Å². The van der Waals surface area contributed by atoms with Crippen LogP contribution in [-0.2, 0) is 20.9 Å². The van der Waals surface area contributed by atoms with Crippen LogP contribution >= 0.6 is 0 Å². The third-order valence-electron chi connectivity index (χ3n) is 5.43. The number of hydrogen-bond donors (Lipinski definition) is 1. The lowest BCUT2D eigenvalue weighted by Gasteiger charge is -2.31. The van der Waals surface area contributed by atoms with Crippen molar-refractivity contribution in [1.29, 1.82) is 0 Å². The number of aromatic nitrogens is 3. The molecule has 0 saturated carbocycles. The van der Waals surface area contributed by atoms with Gasteiger partial charge in [-0.25, -0.2) is 13.5 Å². The molecule has 35 heavy (non-hydrogen) atoms. The smallest absolute Gasteiger partial charge is 0.251 e. The Morgan fingerprint density at radius 2 is 1.74 bits per heavy atom. The van der Waals surface area contributed by atoms with Crippen molar-refractivity contribution >= 4 is 28.5 Å². The van der Waals surface area contributed by atoms with Crippen LogP contribution in [0, 0.1) is 11.6 Å². The molecule has 0 spiro atoms. The van der Waals surface area contributed by atoms with Crippen LogP contribution in [0.3, 0.4) is 0 Å². The van der Waals surface area contributed by atoms with Crippen molar-refractivity contribution in [1.82, 2.24) is 19.9 Å². The Morgan fingerprint density at radius 1 is 1.03 bits per heavy atom. The van der Waals surface area contributed by atoms with Crippen LogP contribution in [0.15, 0.2) is 72.8 Å². The number of rotatable bonds is 9. The molecule has 0 unspecified atom stereocenters. The number of nitrogens with zero attached hydrogens (tertiary/aromatic N) is 4. The van der Waals surface area contributed by atoms with E-state index in [2.05, 4.69) is 15.6 Å². The lowest BCUT2D eigenvalue weighted by molar-refractivity contribution is -0.140. The van der Waals surface area contributed by atoms with Crippen molar-refractivity contribution in [3.05, 3.63) is 90.0 Å². The molecule has 1 aromatic heterocycles. The van der Waals surface area contributed by atoms with E-state index >= 15 is 0 Å². The summed E-state index contributed by atoms with van der Waals surface area (Å²) in [5.74, 6) is -2.26. The van der Waals surface area contributed by atoms with Gasteiger partial charge in [-0.2, -0.15) is 0 Å². The highest BCUT2D eigenvalue weighted by atomic mass is 19.1. The number of amides is 2. The van der Waals surface area contributed by atoms with E-state index in [9.17, 15) is 18.4 Å². The molecular formula is C25H23F2N5O3. The van der Waals surface area contributed by atoms with Gasteiger partial charge in [-0.1, -0.05) is 35.5 Å². The van der Waals surface area contributed by atoms with Crippen LogP contribution in [0.5, 0.6) is 0 Å². The average Bonchev–Trinajstić information content (AvgIpc) is 3.26. The van der Waals surface area contributed by atoms with E-state index in [4.69, 9.17) is 4.74 Å². The molecule has 3 aromatic carbocycles. The van der Waals surface area contributed by atoms with E-state index in [0.717, 1.165) is 0 Å². The molecule has 0 bridgehead atoms. The van der Waals surface area contributed by atoms with Gasteiger partial charge in [-0.15, -0.1) is 5.10 Å². The normalized spacial score (nSPS) is 11.9. The van der Waals surface area contributed by atoms with E-state index in [0.29, 0.717) is 16.7 Å². The largest absolute Gasteiger partial charge is 0.383 e. The van der Waals surface area contributed by atoms with E-state index in [-0.39, 0.29) is 25.3 Å². The minimum absolute atomic E-state index is 0.0117. The van der Waals surface area contributed by atoms with Gasteiger partial charge in [0.25, 0.3) is 5.91 Å². The van der Waals surface area contributed by atoms with Gasteiger partial charge in [-0.05, 0) is 42.5 Å². The van der Waals surface area contributed by atoms with E-state index in [1.165, 1.54) is 59.2 Å². The minimum atomic E-state index is -1.32. The molecule has 0 aliphatic heterocycles. The molecule has 2 amide bonds. The SMILES string of the molecule is COCCN(C(=O)Cn1nnc2ccccc21)[C@H](C(=O)Nc1ccc(F)cc1)c1ccccc1F. The Bertz CT molecular complexity index is 1330. The molecule has 0 saturated heterocycles. The van der Waals surface area contributed by atoms with Crippen LogP contribution < -0.4 is 5.32 Å². The highest BCUT2D eigenvalue weighted by molar-refractivity contribution is 5.98. The number of ether oxygens (including phenoxy) is 1. The maximum atomic E-state index is 14.9. The second-order valence-corrected chi connectivity index (χ2v) is 7.74. The summed E-state index contributed by atoms with van der Waals surface area (Å²) in [6.45, 7) is -0.102. The Labute approximate surface area is 200 Å². The van der Waals surface area contributed by atoms with Crippen molar-refractivity contribution in [3.63, 3.8) is 0 Å². The fourth-order valence-electron chi connectivity index (χ4n) is 3.73. The van der Waals surface area contributed by atoms with Gasteiger partial charge < -0.3 is 15.0 Å². The first-order valence-corrected chi connectivity index (χ1v) is 10.9. The summed E-state index contributed by atoms with van der Waals surface area (Å²) in [5.41, 5.74) is 1.58. The molecule has 1 heterocycles. The molecule has 4 aromatic rings. The van der Waals surface area contributed by atoms with Crippen LogP contribution in [-0.4, -0.2) is 52.0 Å². The number of para-hydroxylation sites is 1.